The highest BCUT2D eigenvalue weighted by Crippen LogP contribution is 2.31. The van der Waals surface area contributed by atoms with Gasteiger partial charge in [0.15, 0.2) is 9.84 Å². The molecule has 14 heteroatoms. The summed E-state index contributed by atoms with van der Waals surface area (Å²) in [5.74, 6) is -2.06. The number of nitro benzene ring substituents is 2. The Morgan fingerprint density at radius 1 is 1.00 bits per heavy atom. The van der Waals surface area contributed by atoms with Crippen LogP contribution in [-0.4, -0.2) is 66.2 Å². The summed E-state index contributed by atoms with van der Waals surface area (Å²) in [4.78, 5) is 47.7. The second-order valence-electron chi connectivity index (χ2n) is 8.54. The van der Waals surface area contributed by atoms with Crippen molar-refractivity contribution in [3.8, 4) is 5.75 Å². The van der Waals surface area contributed by atoms with Gasteiger partial charge >= 0.3 is 11.9 Å². The standard InChI is InChI=1S/C22H23N3O10S/c1-22(2,15-3-5-16(6-4-15)24(28)29)35-21(27)18-8-7-17(13-19(18)25(30)31)34-20(26)14-23-9-11-36(32,33)12-10-23/h3-8,13H,9-12,14H2,1-2H3. The minimum atomic E-state index is -3.11. The number of esters is 2. The molecule has 0 atom stereocenters. The van der Waals surface area contributed by atoms with E-state index in [-0.39, 0.29) is 48.1 Å². The largest absolute Gasteiger partial charge is 0.451 e. The van der Waals surface area contributed by atoms with E-state index in [0.717, 1.165) is 12.1 Å². The normalized spacial score (nSPS) is 15.6. The molecule has 192 valence electrons. The molecule has 2 aromatic carbocycles. The van der Waals surface area contributed by atoms with Crippen LogP contribution >= 0.6 is 0 Å². The summed E-state index contributed by atoms with van der Waals surface area (Å²) in [6.07, 6.45) is 0. The Morgan fingerprint density at radius 2 is 1.61 bits per heavy atom. The molecule has 0 spiro atoms. The van der Waals surface area contributed by atoms with Crippen LogP contribution in [0.4, 0.5) is 11.4 Å². The van der Waals surface area contributed by atoms with E-state index in [1.807, 2.05) is 0 Å². The summed E-state index contributed by atoms with van der Waals surface area (Å²) < 4.78 is 33.6. The van der Waals surface area contributed by atoms with Gasteiger partial charge < -0.3 is 9.47 Å². The number of nitrogens with zero attached hydrogens (tertiary/aromatic N) is 3. The molecule has 36 heavy (non-hydrogen) atoms. The first-order valence-electron chi connectivity index (χ1n) is 10.7. The molecule has 0 aliphatic carbocycles. The fourth-order valence-electron chi connectivity index (χ4n) is 3.48. The molecule has 3 rings (SSSR count). The van der Waals surface area contributed by atoms with Gasteiger partial charge in [0, 0.05) is 25.2 Å². The highest BCUT2D eigenvalue weighted by molar-refractivity contribution is 7.91. The zero-order valence-electron chi connectivity index (χ0n) is 19.4. The summed E-state index contributed by atoms with van der Waals surface area (Å²) in [7, 11) is -3.11. The summed E-state index contributed by atoms with van der Waals surface area (Å²) in [6.45, 7) is 3.20. The van der Waals surface area contributed by atoms with Crippen LogP contribution < -0.4 is 4.74 Å². The number of carbonyl (C=O) groups excluding carboxylic acids is 2. The second kappa shape index (κ2) is 10.4. The molecular weight excluding hydrogens is 498 g/mol. The van der Waals surface area contributed by atoms with Gasteiger partial charge in [-0.3, -0.25) is 29.9 Å². The van der Waals surface area contributed by atoms with E-state index < -0.39 is 42.9 Å². The third-order valence-electron chi connectivity index (χ3n) is 5.53. The van der Waals surface area contributed by atoms with Crippen molar-refractivity contribution in [3.05, 3.63) is 73.8 Å². The van der Waals surface area contributed by atoms with Crippen molar-refractivity contribution in [2.24, 2.45) is 0 Å². The minimum Gasteiger partial charge on any atom is -0.451 e. The highest BCUT2D eigenvalue weighted by atomic mass is 32.2. The first-order chi connectivity index (χ1) is 16.8. The topological polar surface area (TPSA) is 176 Å². The average molecular weight is 522 g/mol. The maximum atomic E-state index is 12.8. The molecule has 1 fully saturated rings. The van der Waals surface area contributed by atoms with Crippen molar-refractivity contribution in [3.63, 3.8) is 0 Å². The lowest BCUT2D eigenvalue weighted by Crippen LogP contribution is -2.43. The van der Waals surface area contributed by atoms with Crippen molar-refractivity contribution in [1.82, 2.24) is 4.90 Å². The average Bonchev–Trinajstić information content (AvgIpc) is 2.80. The van der Waals surface area contributed by atoms with E-state index in [1.54, 1.807) is 4.90 Å². The van der Waals surface area contributed by atoms with Crippen molar-refractivity contribution >= 4 is 33.2 Å². The minimum absolute atomic E-state index is 0.0707. The number of carbonyl (C=O) groups is 2. The Morgan fingerprint density at radius 3 is 2.17 bits per heavy atom. The van der Waals surface area contributed by atoms with Crippen LogP contribution in [0.25, 0.3) is 0 Å². The van der Waals surface area contributed by atoms with Crippen LogP contribution in [0.1, 0.15) is 29.8 Å². The predicted molar refractivity (Wildman–Crippen MR) is 125 cm³/mol. The van der Waals surface area contributed by atoms with E-state index >= 15 is 0 Å². The van der Waals surface area contributed by atoms with E-state index in [2.05, 4.69) is 0 Å². The molecule has 2 aromatic rings. The maximum Gasteiger partial charge on any atom is 0.346 e. The SMILES string of the molecule is CC(C)(OC(=O)c1ccc(OC(=O)CN2CCS(=O)(=O)CC2)cc1[N+](=O)[O-])c1ccc([N+](=O)[O-])cc1. The lowest BCUT2D eigenvalue weighted by Gasteiger charge is -2.25. The second-order valence-corrected chi connectivity index (χ2v) is 10.8. The molecule has 1 aliphatic rings. The zero-order valence-corrected chi connectivity index (χ0v) is 20.2. The van der Waals surface area contributed by atoms with Crippen LogP contribution in [0.15, 0.2) is 42.5 Å². The molecule has 13 nitrogen and oxygen atoms in total. The molecule has 0 aromatic heterocycles. The number of sulfone groups is 1. The molecule has 0 amide bonds. The molecule has 1 saturated heterocycles. The smallest absolute Gasteiger partial charge is 0.346 e. The fraction of sp³-hybridized carbons (Fsp3) is 0.364. The molecule has 0 bridgehead atoms. The van der Waals surface area contributed by atoms with E-state index in [4.69, 9.17) is 9.47 Å². The Kier molecular flexibility index (Phi) is 7.69. The number of hydrogen-bond donors (Lipinski definition) is 0. The Balaban J connectivity index is 1.71. The molecule has 0 radical (unpaired) electrons. The Labute approximate surface area is 205 Å². The van der Waals surface area contributed by atoms with Gasteiger partial charge in [-0.05, 0) is 43.7 Å². The first-order valence-corrected chi connectivity index (χ1v) is 12.5. The third-order valence-corrected chi connectivity index (χ3v) is 7.14. The summed E-state index contributed by atoms with van der Waals surface area (Å²) in [6, 6.07) is 8.57. The lowest BCUT2D eigenvalue weighted by atomic mass is 9.97. The van der Waals surface area contributed by atoms with Crippen LogP contribution in [0, 0.1) is 20.2 Å². The molecule has 0 N–H and O–H groups in total. The number of hydrogen-bond acceptors (Lipinski definition) is 11. The third kappa shape index (κ3) is 6.60. The lowest BCUT2D eigenvalue weighted by molar-refractivity contribution is -0.385. The van der Waals surface area contributed by atoms with Crippen LogP contribution in [-0.2, 0) is 25.0 Å². The van der Waals surface area contributed by atoms with Crippen LogP contribution in [0.5, 0.6) is 5.75 Å². The number of nitro groups is 2. The van der Waals surface area contributed by atoms with Crippen molar-refractivity contribution in [1.29, 1.82) is 0 Å². The maximum absolute atomic E-state index is 12.8. The monoisotopic (exact) mass is 521 g/mol. The van der Waals surface area contributed by atoms with Crippen molar-refractivity contribution in [2.75, 3.05) is 31.1 Å². The van der Waals surface area contributed by atoms with Gasteiger partial charge in [0.2, 0.25) is 0 Å². The number of non-ortho nitro benzene ring substituents is 1. The highest BCUT2D eigenvalue weighted by Gasteiger charge is 2.31. The predicted octanol–water partition coefficient (Wildman–Crippen LogP) is 2.23. The molecular formula is C22H23N3O10S. The molecule has 0 unspecified atom stereocenters. The van der Waals surface area contributed by atoms with Gasteiger partial charge in [-0.25, -0.2) is 13.2 Å². The van der Waals surface area contributed by atoms with Gasteiger partial charge in [0.05, 0.1) is 34.0 Å². The Hall–Kier alpha value is -3.91. The summed E-state index contributed by atoms with van der Waals surface area (Å²) in [5.41, 5.74) is -2.01. The van der Waals surface area contributed by atoms with Crippen LogP contribution in [0.2, 0.25) is 0 Å². The number of benzene rings is 2. The van der Waals surface area contributed by atoms with E-state index in [1.165, 1.54) is 44.2 Å². The van der Waals surface area contributed by atoms with Crippen molar-refractivity contribution < 1.29 is 37.3 Å². The van der Waals surface area contributed by atoms with Gasteiger partial charge in [-0.15, -0.1) is 0 Å². The van der Waals surface area contributed by atoms with Crippen LogP contribution in [0.3, 0.4) is 0 Å². The molecule has 0 saturated carbocycles. The van der Waals surface area contributed by atoms with Gasteiger partial charge in [0.25, 0.3) is 11.4 Å². The number of rotatable bonds is 8. The quantitative estimate of drug-likeness (QED) is 0.215. The van der Waals surface area contributed by atoms with E-state index in [0.29, 0.717) is 5.56 Å². The first kappa shape index (κ1) is 26.7. The molecule has 1 aliphatic heterocycles. The fourth-order valence-corrected chi connectivity index (χ4v) is 4.76. The summed E-state index contributed by atoms with van der Waals surface area (Å²) in [5, 5.41) is 22.5. The molecule has 1 heterocycles. The van der Waals surface area contributed by atoms with Crippen molar-refractivity contribution in [2.45, 2.75) is 19.4 Å². The number of ether oxygens (including phenoxy) is 2. The van der Waals surface area contributed by atoms with Gasteiger partial charge in [-0.2, -0.15) is 0 Å². The Bertz CT molecular complexity index is 1290. The zero-order chi connectivity index (χ0) is 26.7. The van der Waals surface area contributed by atoms with Gasteiger partial charge in [-0.1, -0.05) is 0 Å². The summed E-state index contributed by atoms with van der Waals surface area (Å²) >= 11 is 0. The van der Waals surface area contributed by atoms with Gasteiger partial charge in [0.1, 0.15) is 16.9 Å². The van der Waals surface area contributed by atoms with E-state index in [9.17, 15) is 38.2 Å².